The summed E-state index contributed by atoms with van der Waals surface area (Å²) in [5.41, 5.74) is 5.44. The molecule has 5 heteroatoms. The molecule has 1 fully saturated rings. The van der Waals surface area contributed by atoms with Crippen molar-refractivity contribution in [3.8, 4) is 0 Å². The number of nitrogens with zero attached hydrogens (tertiary/aromatic N) is 1. The van der Waals surface area contributed by atoms with Gasteiger partial charge in [-0.25, -0.2) is 0 Å². The molecule has 0 amide bonds. The van der Waals surface area contributed by atoms with Crippen LogP contribution in [0, 0.1) is 26.2 Å². The average molecular weight is 362 g/mol. The number of nitrogens with one attached hydrogen (secondary N) is 2. The highest BCUT2D eigenvalue weighted by atomic mass is 16.5. The first-order valence-corrected chi connectivity index (χ1v) is 9.77. The monoisotopic (exact) mass is 361 g/mol. The third kappa shape index (κ3) is 5.71. The number of aliphatic imine (C=N–C) groups is 1. The van der Waals surface area contributed by atoms with Crippen molar-refractivity contribution in [1.82, 2.24) is 10.6 Å². The number of aliphatic hydroxyl groups excluding tert-OH is 1. The highest BCUT2D eigenvalue weighted by Gasteiger charge is 2.34. The van der Waals surface area contributed by atoms with Crippen LogP contribution in [0.2, 0.25) is 0 Å². The number of hydrogen-bond donors (Lipinski definition) is 3. The zero-order chi connectivity index (χ0) is 19.0. The third-order valence-corrected chi connectivity index (χ3v) is 5.25. The zero-order valence-corrected chi connectivity index (χ0v) is 16.8. The fourth-order valence-corrected chi connectivity index (χ4v) is 3.79. The van der Waals surface area contributed by atoms with Gasteiger partial charge in [-0.1, -0.05) is 17.7 Å². The van der Waals surface area contributed by atoms with E-state index >= 15 is 0 Å². The molecule has 0 saturated carbocycles. The SMILES string of the molecule is CCNC(=NCC1(CCO)CCOC1)NCCc1c(C)cc(C)cc1C. The Balaban J connectivity index is 1.95. The van der Waals surface area contributed by atoms with Crippen LogP contribution < -0.4 is 10.6 Å². The van der Waals surface area contributed by atoms with Crippen molar-refractivity contribution < 1.29 is 9.84 Å². The molecule has 1 aliphatic rings. The molecule has 1 aliphatic heterocycles. The third-order valence-electron chi connectivity index (χ3n) is 5.25. The summed E-state index contributed by atoms with van der Waals surface area (Å²) < 4.78 is 5.56. The quantitative estimate of drug-likeness (QED) is 0.492. The molecule has 0 aromatic heterocycles. The molecule has 0 bridgehead atoms. The molecule has 1 saturated heterocycles. The molecule has 0 radical (unpaired) electrons. The van der Waals surface area contributed by atoms with Crippen LogP contribution in [0.25, 0.3) is 0 Å². The Hall–Kier alpha value is -1.59. The number of guanidine groups is 1. The number of hydrogen-bond acceptors (Lipinski definition) is 3. The standard InChI is InChI=1S/C21H35N3O2/c1-5-22-20(24-14-21(7-10-25)8-11-26-15-21)23-9-6-19-17(3)12-16(2)13-18(19)4/h12-13,25H,5-11,14-15H2,1-4H3,(H2,22,23,24). The van der Waals surface area contributed by atoms with E-state index in [-0.39, 0.29) is 12.0 Å². The Bertz CT molecular complexity index is 584. The van der Waals surface area contributed by atoms with Crippen LogP contribution in [0.3, 0.4) is 0 Å². The fraction of sp³-hybridized carbons (Fsp3) is 0.667. The van der Waals surface area contributed by atoms with E-state index < -0.39 is 0 Å². The second-order valence-electron chi connectivity index (χ2n) is 7.53. The molecular weight excluding hydrogens is 326 g/mol. The van der Waals surface area contributed by atoms with Crippen molar-refractivity contribution in [3.05, 3.63) is 34.4 Å². The fourth-order valence-electron chi connectivity index (χ4n) is 3.79. The van der Waals surface area contributed by atoms with E-state index in [1.165, 1.54) is 22.3 Å². The first-order chi connectivity index (χ1) is 12.5. The van der Waals surface area contributed by atoms with Gasteiger partial charge in [0.15, 0.2) is 5.96 Å². The highest BCUT2D eigenvalue weighted by Crippen LogP contribution is 2.32. The maximum atomic E-state index is 9.36. The van der Waals surface area contributed by atoms with Crippen LogP contribution in [0.1, 0.15) is 42.0 Å². The van der Waals surface area contributed by atoms with E-state index in [1.807, 2.05) is 0 Å². The molecule has 5 nitrogen and oxygen atoms in total. The van der Waals surface area contributed by atoms with Crippen molar-refractivity contribution in [2.45, 2.75) is 47.0 Å². The smallest absolute Gasteiger partial charge is 0.191 e. The summed E-state index contributed by atoms with van der Waals surface area (Å²) in [6.45, 7) is 12.6. The number of ether oxygens (including phenoxy) is 1. The lowest BCUT2D eigenvalue weighted by Gasteiger charge is -2.25. The molecule has 1 aromatic rings. The van der Waals surface area contributed by atoms with Gasteiger partial charge in [0, 0.05) is 31.7 Å². The highest BCUT2D eigenvalue weighted by molar-refractivity contribution is 5.79. The minimum Gasteiger partial charge on any atom is -0.396 e. The molecule has 0 spiro atoms. The summed E-state index contributed by atoms with van der Waals surface area (Å²) in [5.74, 6) is 0.846. The summed E-state index contributed by atoms with van der Waals surface area (Å²) in [6.07, 6.45) is 2.70. The number of benzene rings is 1. The summed E-state index contributed by atoms with van der Waals surface area (Å²) in [6, 6.07) is 4.50. The molecule has 1 atom stereocenters. The first-order valence-electron chi connectivity index (χ1n) is 9.77. The first kappa shape index (κ1) is 20.7. The van der Waals surface area contributed by atoms with E-state index in [2.05, 4.69) is 50.5 Å². The van der Waals surface area contributed by atoms with Gasteiger partial charge in [0.2, 0.25) is 0 Å². The molecular formula is C21H35N3O2. The van der Waals surface area contributed by atoms with Gasteiger partial charge < -0.3 is 20.5 Å². The minimum atomic E-state index is -0.0127. The van der Waals surface area contributed by atoms with Gasteiger partial charge in [0.25, 0.3) is 0 Å². The Labute approximate surface area is 158 Å². The van der Waals surface area contributed by atoms with Crippen LogP contribution in [-0.2, 0) is 11.2 Å². The summed E-state index contributed by atoms with van der Waals surface area (Å²) in [4.78, 5) is 4.78. The van der Waals surface area contributed by atoms with Gasteiger partial charge in [-0.3, -0.25) is 4.99 Å². The van der Waals surface area contributed by atoms with Gasteiger partial charge in [0.05, 0.1) is 13.2 Å². The van der Waals surface area contributed by atoms with Crippen molar-refractivity contribution in [2.24, 2.45) is 10.4 Å². The van der Waals surface area contributed by atoms with E-state index in [0.29, 0.717) is 13.2 Å². The predicted molar refractivity (Wildman–Crippen MR) is 108 cm³/mol. The van der Waals surface area contributed by atoms with E-state index in [4.69, 9.17) is 9.73 Å². The molecule has 2 rings (SSSR count). The number of aliphatic hydroxyl groups is 1. The Morgan fingerprint density at radius 1 is 1.23 bits per heavy atom. The second-order valence-corrected chi connectivity index (χ2v) is 7.53. The lowest BCUT2D eigenvalue weighted by molar-refractivity contribution is 0.131. The van der Waals surface area contributed by atoms with Gasteiger partial charge in [-0.15, -0.1) is 0 Å². The minimum absolute atomic E-state index is 0.0127. The summed E-state index contributed by atoms with van der Waals surface area (Å²) in [7, 11) is 0. The normalized spacial score (nSPS) is 20.4. The van der Waals surface area contributed by atoms with Crippen molar-refractivity contribution in [2.75, 3.05) is 39.5 Å². The van der Waals surface area contributed by atoms with Crippen LogP contribution >= 0.6 is 0 Å². The average Bonchev–Trinajstić information content (AvgIpc) is 3.04. The molecule has 1 aromatic carbocycles. The van der Waals surface area contributed by atoms with Crippen LogP contribution in [0.15, 0.2) is 17.1 Å². The van der Waals surface area contributed by atoms with Gasteiger partial charge in [-0.05, 0) is 63.6 Å². The second kappa shape index (κ2) is 9.93. The van der Waals surface area contributed by atoms with Gasteiger partial charge >= 0.3 is 0 Å². The number of rotatable bonds is 8. The Morgan fingerprint density at radius 3 is 2.54 bits per heavy atom. The largest absolute Gasteiger partial charge is 0.396 e. The molecule has 1 unspecified atom stereocenters. The Morgan fingerprint density at radius 2 is 1.96 bits per heavy atom. The maximum absolute atomic E-state index is 9.36. The summed E-state index contributed by atoms with van der Waals surface area (Å²) in [5, 5.41) is 16.1. The summed E-state index contributed by atoms with van der Waals surface area (Å²) >= 11 is 0. The van der Waals surface area contributed by atoms with E-state index in [1.54, 1.807) is 0 Å². The molecule has 3 N–H and O–H groups in total. The van der Waals surface area contributed by atoms with Gasteiger partial charge in [0.1, 0.15) is 0 Å². The molecule has 146 valence electrons. The van der Waals surface area contributed by atoms with E-state index in [0.717, 1.165) is 44.9 Å². The number of aryl methyl sites for hydroxylation is 3. The van der Waals surface area contributed by atoms with Crippen LogP contribution in [0.4, 0.5) is 0 Å². The van der Waals surface area contributed by atoms with Crippen molar-refractivity contribution in [3.63, 3.8) is 0 Å². The lowest BCUT2D eigenvalue weighted by Crippen LogP contribution is -2.39. The van der Waals surface area contributed by atoms with Crippen molar-refractivity contribution >= 4 is 5.96 Å². The van der Waals surface area contributed by atoms with E-state index in [9.17, 15) is 5.11 Å². The van der Waals surface area contributed by atoms with Gasteiger partial charge in [-0.2, -0.15) is 0 Å². The Kier molecular flexibility index (Phi) is 7.91. The van der Waals surface area contributed by atoms with Crippen LogP contribution in [0.5, 0.6) is 0 Å². The predicted octanol–water partition coefficient (Wildman–Crippen LogP) is 2.50. The maximum Gasteiger partial charge on any atom is 0.191 e. The molecule has 0 aliphatic carbocycles. The topological polar surface area (TPSA) is 65.9 Å². The zero-order valence-electron chi connectivity index (χ0n) is 16.8. The van der Waals surface area contributed by atoms with Crippen LogP contribution in [-0.4, -0.2) is 50.5 Å². The lowest BCUT2D eigenvalue weighted by atomic mass is 9.84. The molecule has 26 heavy (non-hydrogen) atoms. The van der Waals surface area contributed by atoms with Crippen molar-refractivity contribution in [1.29, 1.82) is 0 Å². The molecule has 1 heterocycles.